The lowest BCUT2D eigenvalue weighted by Crippen LogP contribution is -2.42. The lowest BCUT2D eigenvalue weighted by Gasteiger charge is -2.35. The summed E-state index contributed by atoms with van der Waals surface area (Å²) in [4.78, 5) is 44.9. The zero-order valence-electron chi connectivity index (χ0n) is 24.4. The summed E-state index contributed by atoms with van der Waals surface area (Å²) in [6.45, 7) is 0. The molecule has 224 valence electrons. The van der Waals surface area contributed by atoms with Gasteiger partial charge >= 0.3 is 5.97 Å². The predicted octanol–water partition coefficient (Wildman–Crippen LogP) is 6.33. The fraction of sp³-hybridized carbons (Fsp3) is 0.286. The van der Waals surface area contributed by atoms with E-state index in [0.29, 0.717) is 32.1 Å². The maximum atomic E-state index is 12.9. The number of carbonyl (C=O) groups excluding carboxylic acids is 3. The number of hydroxylamine groups is 1. The van der Waals surface area contributed by atoms with Gasteiger partial charge in [0.15, 0.2) is 5.60 Å². The van der Waals surface area contributed by atoms with Gasteiger partial charge in [0.25, 0.3) is 0 Å². The zero-order valence-corrected chi connectivity index (χ0v) is 25.2. The smallest absolute Gasteiger partial charge is 0.328 e. The van der Waals surface area contributed by atoms with Gasteiger partial charge in [-0.2, -0.15) is 0 Å². The van der Waals surface area contributed by atoms with E-state index in [-0.39, 0.29) is 11.8 Å². The van der Waals surface area contributed by atoms with Crippen molar-refractivity contribution in [2.75, 3.05) is 7.11 Å². The molecule has 4 rings (SSSR count). The van der Waals surface area contributed by atoms with Crippen LogP contribution in [0.3, 0.4) is 0 Å². The molecule has 0 bridgehead atoms. The SMILES string of the molecule is COC(=O)[C@H](Cc1cccs1)NC(=O)CCCCCCC(=O)NOC(c1ccccc1)(c1ccccc1)c1ccccc1. The third kappa shape index (κ3) is 8.86. The first kappa shape index (κ1) is 31.7. The van der Waals surface area contributed by atoms with Gasteiger partial charge in [0.05, 0.1) is 7.11 Å². The average molecular weight is 599 g/mol. The molecule has 0 aliphatic carbocycles. The van der Waals surface area contributed by atoms with Crippen LogP contribution >= 0.6 is 11.3 Å². The monoisotopic (exact) mass is 598 g/mol. The summed E-state index contributed by atoms with van der Waals surface area (Å²) >= 11 is 1.54. The molecule has 2 amide bonds. The van der Waals surface area contributed by atoms with Crippen LogP contribution in [-0.2, 0) is 36.0 Å². The number of unbranched alkanes of at least 4 members (excludes halogenated alkanes) is 3. The molecule has 0 spiro atoms. The first-order valence-electron chi connectivity index (χ1n) is 14.6. The van der Waals surface area contributed by atoms with E-state index in [1.165, 1.54) is 18.4 Å². The molecule has 8 heteroatoms. The van der Waals surface area contributed by atoms with Gasteiger partial charge in [0.1, 0.15) is 6.04 Å². The molecule has 0 aliphatic heterocycles. The minimum absolute atomic E-state index is 0.183. The van der Waals surface area contributed by atoms with Crippen molar-refractivity contribution < 1.29 is 24.0 Å². The quantitative estimate of drug-likeness (QED) is 0.0681. The Morgan fingerprint density at radius 1 is 0.698 bits per heavy atom. The van der Waals surface area contributed by atoms with Crippen LogP contribution in [0.5, 0.6) is 0 Å². The molecule has 3 aromatic carbocycles. The van der Waals surface area contributed by atoms with Crippen LogP contribution in [0.2, 0.25) is 0 Å². The summed E-state index contributed by atoms with van der Waals surface area (Å²) in [6.07, 6.45) is 3.92. The van der Waals surface area contributed by atoms with Gasteiger partial charge in [0, 0.05) is 24.1 Å². The van der Waals surface area contributed by atoms with Crippen molar-refractivity contribution in [2.24, 2.45) is 0 Å². The Hall–Kier alpha value is -4.27. The Morgan fingerprint density at radius 2 is 1.21 bits per heavy atom. The number of thiophene rings is 1. The second kappa shape index (κ2) is 16.4. The van der Waals surface area contributed by atoms with Crippen LogP contribution in [0.15, 0.2) is 109 Å². The van der Waals surface area contributed by atoms with Crippen molar-refractivity contribution in [3.8, 4) is 0 Å². The molecule has 2 N–H and O–H groups in total. The summed E-state index contributed by atoms with van der Waals surface area (Å²) in [5.41, 5.74) is 4.41. The lowest BCUT2D eigenvalue weighted by molar-refractivity contribution is -0.145. The summed E-state index contributed by atoms with van der Waals surface area (Å²) in [6, 6.07) is 32.7. The number of benzene rings is 3. The van der Waals surface area contributed by atoms with Crippen molar-refractivity contribution in [3.05, 3.63) is 130 Å². The summed E-state index contributed by atoms with van der Waals surface area (Å²) in [5.74, 6) is -0.845. The van der Waals surface area contributed by atoms with Gasteiger partial charge in [-0.15, -0.1) is 11.3 Å². The Kier molecular flexibility index (Phi) is 12.1. The van der Waals surface area contributed by atoms with E-state index < -0.39 is 17.6 Å². The summed E-state index contributed by atoms with van der Waals surface area (Å²) < 4.78 is 4.86. The number of ether oxygens (including phenoxy) is 1. The lowest BCUT2D eigenvalue weighted by atomic mass is 9.80. The molecule has 4 aromatic rings. The van der Waals surface area contributed by atoms with E-state index in [9.17, 15) is 14.4 Å². The minimum atomic E-state index is -1.03. The van der Waals surface area contributed by atoms with Crippen LogP contribution in [0.1, 0.15) is 60.1 Å². The highest BCUT2D eigenvalue weighted by Gasteiger charge is 2.39. The van der Waals surface area contributed by atoms with E-state index >= 15 is 0 Å². The highest BCUT2D eigenvalue weighted by molar-refractivity contribution is 7.09. The largest absolute Gasteiger partial charge is 0.467 e. The first-order chi connectivity index (χ1) is 21.0. The maximum Gasteiger partial charge on any atom is 0.328 e. The standard InChI is InChI=1S/C35H38N2O5S/c1-41-34(40)31(26-30-22-15-25-43-30)36-32(38)23-13-2-3-14-24-33(39)37-42-35(27-16-7-4-8-17-27,28-18-9-5-10-19-28)29-20-11-6-12-21-29/h4-12,15-22,25,31H,2-3,13-14,23-24,26H2,1H3,(H,36,38)(H,37,39)/t31-/m0/s1. The fourth-order valence-electron chi connectivity index (χ4n) is 5.04. The highest BCUT2D eigenvalue weighted by Crippen LogP contribution is 2.39. The summed E-state index contributed by atoms with van der Waals surface area (Å²) in [7, 11) is 1.32. The Morgan fingerprint density at radius 3 is 1.67 bits per heavy atom. The number of rotatable bonds is 16. The fourth-order valence-corrected chi connectivity index (χ4v) is 5.79. The van der Waals surface area contributed by atoms with Gasteiger partial charge < -0.3 is 10.1 Å². The molecule has 1 aromatic heterocycles. The normalized spacial score (nSPS) is 11.8. The van der Waals surface area contributed by atoms with Crippen molar-refractivity contribution in [1.29, 1.82) is 0 Å². The molecular formula is C35H38N2O5S. The topological polar surface area (TPSA) is 93.7 Å². The number of hydrogen-bond donors (Lipinski definition) is 2. The highest BCUT2D eigenvalue weighted by atomic mass is 32.1. The third-order valence-corrected chi connectivity index (χ3v) is 8.12. The van der Waals surface area contributed by atoms with Gasteiger partial charge in [-0.3, -0.25) is 14.4 Å². The van der Waals surface area contributed by atoms with E-state index in [0.717, 1.165) is 34.4 Å². The van der Waals surface area contributed by atoms with Crippen molar-refractivity contribution in [2.45, 2.75) is 56.6 Å². The number of carbonyl (C=O) groups is 3. The summed E-state index contributed by atoms with van der Waals surface area (Å²) in [5, 5.41) is 4.73. The van der Waals surface area contributed by atoms with Crippen LogP contribution in [-0.4, -0.2) is 30.9 Å². The number of nitrogens with one attached hydrogen (secondary N) is 2. The van der Waals surface area contributed by atoms with Gasteiger partial charge in [0.2, 0.25) is 11.8 Å². The number of methoxy groups -OCH3 is 1. The van der Waals surface area contributed by atoms with E-state index in [2.05, 4.69) is 10.8 Å². The second-order valence-electron chi connectivity index (χ2n) is 10.2. The molecule has 1 atom stereocenters. The minimum Gasteiger partial charge on any atom is -0.467 e. The third-order valence-electron chi connectivity index (χ3n) is 7.22. The van der Waals surface area contributed by atoms with E-state index in [1.807, 2.05) is 109 Å². The molecule has 1 heterocycles. The molecule has 7 nitrogen and oxygen atoms in total. The molecular weight excluding hydrogens is 560 g/mol. The Balaban J connectivity index is 1.27. The number of hydrogen-bond acceptors (Lipinski definition) is 6. The second-order valence-corrected chi connectivity index (χ2v) is 11.3. The maximum absolute atomic E-state index is 12.9. The van der Waals surface area contributed by atoms with Crippen molar-refractivity contribution in [3.63, 3.8) is 0 Å². The molecule has 43 heavy (non-hydrogen) atoms. The number of esters is 1. The average Bonchev–Trinajstić information content (AvgIpc) is 3.57. The number of amides is 2. The Labute approximate surface area is 257 Å². The van der Waals surface area contributed by atoms with Crippen LogP contribution in [0, 0.1) is 0 Å². The van der Waals surface area contributed by atoms with E-state index in [1.54, 1.807) is 0 Å². The molecule has 0 saturated heterocycles. The van der Waals surface area contributed by atoms with Crippen LogP contribution in [0.4, 0.5) is 0 Å². The molecule has 0 radical (unpaired) electrons. The van der Waals surface area contributed by atoms with Crippen LogP contribution < -0.4 is 10.8 Å². The van der Waals surface area contributed by atoms with Crippen molar-refractivity contribution >= 4 is 29.1 Å². The van der Waals surface area contributed by atoms with Gasteiger partial charge in [-0.1, -0.05) is 110 Å². The van der Waals surface area contributed by atoms with E-state index in [4.69, 9.17) is 9.57 Å². The molecule has 0 unspecified atom stereocenters. The molecule has 0 fully saturated rings. The molecule has 0 saturated carbocycles. The van der Waals surface area contributed by atoms with Gasteiger partial charge in [-0.25, -0.2) is 10.3 Å². The predicted molar refractivity (Wildman–Crippen MR) is 168 cm³/mol. The van der Waals surface area contributed by atoms with Crippen molar-refractivity contribution in [1.82, 2.24) is 10.8 Å². The van der Waals surface area contributed by atoms with Crippen LogP contribution in [0.25, 0.3) is 0 Å². The molecule has 0 aliphatic rings. The zero-order chi connectivity index (χ0) is 30.3. The Bertz CT molecular complexity index is 1320. The van der Waals surface area contributed by atoms with Gasteiger partial charge in [-0.05, 0) is 41.0 Å². The first-order valence-corrected chi connectivity index (χ1v) is 15.4.